The first-order valence-electron chi connectivity index (χ1n) is 18.4. The predicted octanol–water partition coefficient (Wildman–Crippen LogP) is 13.2. The molecule has 0 fully saturated rings. The van der Waals surface area contributed by atoms with Crippen LogP contribution in [0.15, 0.2) is 198 Å². The third-order valence-corrected chi connectivity index (χ3v) is 11.7. The van der Waals surface area contributed by atoms with E-state index in [0.717, 1.165) is 21.2 Å². The summed E-state index contributed by atoms with van der Waals surface area (Å²) < 4.78 is 7.32. The van der Waals surface area contributed by atoms with Crippen molar-refractivity contribution in [3.8, 4) is 17.4 Å². The Balaban J connectivity index is 0.000000570. The molecule has 0 N–H and O–H groups in total. The van der Waals surface area contributed by atoms with Crippen LogP contribution in [0.3, 0.4) is 0 Å². The molecule has 3 aromatic heterocycles. The molecule has 3 heterocycles. The highest BCUT2D eigenvalue weighted by molar-refractivity contribution is 7.99. The average Bonchev–Trinajstić information content (AvgIpc) is 3.88. The maximum absolute atomic E-state index is 9.67. The molecule has 0 aliphatic rings. The maximum Gasteiger partial charge on any atom is 0.100 e. The Hall–Kier alpha value is -7.00. The second-order valence-corrected chi connectivity index (χ2v) is 14.8. The molecule has 11 rings (SSSR count). The van der Waals surface area contributed by atoms with Gasteiger partial charge in [0, 0.05) is 66.0 Å². The number of aromatic nitrogens is 3. The van der Waals surface area contributed by atoms with Gasteiger partial charge in [-0.05, 0) is 66.7 Å². The molecule has 0 radical (unpaired) electrons. The number of rotatable bonds is 4. The van der Waals surface area contributed by atoms with Gasteiger partial charge in [-0.3, -0.25) is 0 Å². The van der Waals surface area contributed by atoms with E-state index in [9.17, 15) is 5.26 Å². The first kappa shape index (κ1) is 32.6. The van der Waals surface area contributed by atoms with Gasteiger partial charge in [0.15, 0.2) is 0 Å². The van der Waals surface area contributed by atoms with Crippen LogP contribution in [0.5, 0.6) is 0 Å². The average molecular weight is 723 g/mol. The number of nitrogens with zero attached hydrogens (tertiary/aromatic N) is 4. The van der Waals surface area contributed by atoms with Gasteiger partial charge in [-0.25, -0.2) is 0 Å². The summed E-state index contributed by atoms with van der Waals surface area (Å²) in [6.07, 6.45) is 0. The lowest BCUT2D eigenvalue weighted by Gasteiger charge is -2.13. The van der Waals surface area contributed by atoms with Gasteiger partial charge in [0.25, 0.3) is 0 Å². The molecule has 0 spiro atoms. The van der Waals surface area contributed by atoms with Crippen molar-refractivity contribution in [3.05, 3.63) is 194 Å². The van der Waals surface area contributed by atoms with Gasteiger partial charge >= 0.3 is 0 Å². The highest BCUT2D eigenvalue weighted by atomic mass is 32.2. The normalized spacial score (nSPS) is 11.4. The van der Waals surface area contributed by atoms with E-state index in [1.54, 1.807) is 11.8 Å². The van der Waals surface area contributed by atoms with Crippen molar-refractivity contribution in [1.29, 1.82) is 5.26 Å². The molecule has 0 aliphatic heterocycles. The molecule has 0 aliphatic carbocycles. The summed E-state index contributed by atoms with van der Waals surface area (Å²) in [5, 5.41) is 17.2. The molecule has 8 aromatic carbocycles. The third kappa shape index (κ3) is 5.22. The number of fused-ring (bicyclic) bond motifs is 12. The molecule has 0 atom stereocenters. The summed E-state index contributed by atoms with van der Waals surface area (Å²) in [4.78, 5) is 2.05. The summed E-state index contributed by atoms with van der Waals surface area (Å²) in [6, 6.07) is 68.1. The first-order valence-corrected chi connectivity index (χ1v) is 19.2. The monoisotopic (exact) mass is 722 g/mol. The fourth-order valence-corrected chi connectivity index (χ4v) is 9.19. The van der Waals surface area contributed by atoms with Crippen molar-refractivity contribution >= 4 is 77.2 Å². The Labute approximate surface area is 322 Å². The lowest BCUT2D eigenvalue weighted by molar-refractivity contribution is 1.02. The highest BCUT2D eigenvalue weighted by Crippen LogP contribution is 2.49. The smallest absolute Gasteiger partial charge is 0.100 e. The molecule has 260 valence electrons. The summed E-state index contributed by atoms with van der Waals surface area (Å²) in [7, 11) is 2.21. The van der Waals surface area contributed by atoms with Crippen LogP contribution in [0.25, 0.3) is 76.8 Å². The Kier molecular flexibility index (Phi) is 7.98. The van der Waals surface area contributed by atoms with Crippen LogP contribution in [0.2, 0.25) is 0 Å². The first-order chi connectivity index (χ1) is 27.2. The zero-order valence-electron chi connectivity index (χ0n) is 30.1. The third-order valence-electron chi connectivity index (χ3n) is 10.6. The molecular formula is C50H34N4S. The predicted molar refractivity (Wildman–Crippen MR) is 231 cm³/mol. The molecule has 0 amide bonds. The minimum Gasteiger partial charge on any atom is -0.343 e. The van der Waals surface area contributed by atoms with Crippen LogP contribution < -0.4 is 0 Å². The van der Waals surface area contributed by atoms with E-state index in [4.69, 9.17) is 0 Å². The Morgan fingerprint density at radius 3 is 1.40 bits per heavy atom. The molecule has 11 aromatic rings. The minimum atomic E-state index is 0.690. The van der Waals surface area contributed by atoms with Crippen molar-refractivity contribution in [2.75, 3.05) is 0 Å². The number of para-hydroxylation sites is 4. The fourth-order valence-electron chi connectivity index (χ4n) is 8.29. The number of hydrogen-bond donors (Lipinski definition) is 0. The van der Waals surface area contributed by atoms with E-state index in [-0.39, 0.29) is 0 Å². The minimum absolute atomic E-state index is 0.690. The van der Waals surface area contributed by atoms with Crippen LogP contribution in [0, 0.1) is 11.3 Å². The number of hydrogen-bond acceptors (Lipinski definition) is 2. The van der Waals surface area contributed by atoms with Gasteiger partial charge in [-0.2, -0.15) is 5.26 Å². The van der Waals surface area contributed by atoms with Crippen LogP contribution in [0.1, 0.15) is 5.56 Å². The number of nitriles is 1. The molecule has 0 saturated heterocycles. The van der Waals surface area contributed by atoms with Gasteiger partial charge in [0.05, 0.1) is 33.1 Å². The second-order valence-electron chi connectivity index (χ2n) is 13.6. The lowest BCUT2D eigenvalue weighted by atomic mass is 10.0. The van der Waals surface area contributed by atoms with Gasteiger partial charge in [-0.1, -0.05) is 133 Å². The van der Waals surface area contributed by atoms with E-state index in [1.165, 1.54) is 65.4 Å². The maximum atomic E-state index is 9.67. The Morgan fingerprint density at radius 1 is 0.418 bits per heavy atom. The molecule has 55 heavy (non-hydrogen) atoms. The van der Waals surface area contributed by atoms with Gasteiger partial charge in [-0.15, -0.1) is 0 Å². The zero-order chi connectivity index (χ0) is 36.9. The van der Waals surface area contributed by atoms with Gasteiger partial charge in [0.2, 0.25) is 0 Å². The second kappa shape index (κ2) is 13.4. The highest BCUT2D eigenvalue weighted by Gasteiger charge is 2.27. The van der Waals surface area contributed by atoms with Crippen molar-refractivity contribution in [2.24, 2.45) is 7.05 Å². The largest absolute Gasteiger partial charge is 0.343 e. The zero-order valence-corrected chi connectivity index (χ0v) is 30.9. The van der Waals surface area contributed by atoms with Crippen molar-refractivity contribution < 1.29 is 0 Å². The molecule has 4 nitrogen and oxygen atoms in total. The van der Waals surface area contributed by atoms with Crippen LogP contribution in [-0.2, 0) is 7.05 Å². The topological polar surface area (TPSA) is 38.6 Å². The molecule has 5 heteroatoms. The quantitative estimate of drug-likeness (QED) is 0.181. The SMILES string of the molecule is Cn1c2ccccc2c2c1c1c3ccccc3n(-c3ccccc3)c1c1c3ccccc3n(-c3ccc(Sc4ccccc4C#N)cc3)c21.c1ccccc1. The van der Waals surface area contributed by atoms with Gasteiger partial charge < -0.3 is 13.7 Å². The number of aryl methyl sites for hydroxylation is 1. The summed E-state index contributed by atoms with van der Waals surface area (Å²) >= 11 is 1.63. The fraction of sp³-hybridized carbons (Fsp3) is 0.0200. The van der Waals surface area contributed by atoms with E-state index >= 15 is 0 Å². The Bertz CT molecular complexity index is 3210. The summed E-state index contributed by atoms with van der Waals surface area (Å²) in [5.41, 5.74) is 10.2. The van der Waals surface area contributed by atoms with Crippen molar-refractivity contribution in [3.63, 3.8) is 0 Å². The summed E-state index contributed by atoms with van der Waals surface area (Å²) in [6.45, 7) is 0. The van der Waals surface area contributed by atoms with Crippen molar-refractivity contribution in [1.82, 2.24) is 13.7 Å². The Morgan fingerprint density at radius 2 is 0.836 bits per heavy atom. The van der Waals surface area contributed by atoms with Crippen LogP contribution >= 0.6 is 11.8 Å². The molecule has 0 bridgehead atoms. The van der Waals surface area contributed by atoms with E-state index in [2.05, 4.69) is 154 Å². The summed E-state index contributed by atoms with van der Waals surface area (Å²) in [5.74, 6) is 0. The van der Waals surface area contributed by atoms with E-state index in [0.29, 0.717) is 5.56 Å². The molecule has 0 saturated carbocycles. The van der Waals surface area contributed by atoms with Gasteiger partial charge in [0.1, 0.15) is 6.07 Å². The van der Waals surface area contributed by atoms with Crippen LogP contribution in [-0.4, -0.2) is 13.7 Å². The van der Waals surface area contributed by atoms with Crippen LogP contribution in [0.4, 0.5) is 0 Å². The molecule has 0 unspecified atom stereocenters. The standard InChI is InChI=1S/C44H28N4S.C6H6/c1-46-35-19-9-6-16-32(35)39-42(46)40-33-17-7-10-20-36(33)47(29-14-3-2-4-15-29)44(40)41-34-18-8-11-21-37(34)48(43(39)41)30-23-25-31(26-24-30)49-38-22-12-5-13-28(38)27-45;1-2-4-6-5-3-1/h2-26H,1H3;1-6H. The van der Waals surface area contributed by atoms with E-state index in [1.807, 2.05) is 60.7 Å². The molecular weight excluding hydrogens is 689 g/mol. The number of benzene rings is 8. The van der Waals surface area contributed by atoms with Crippen molar-refractivity contribution in [2.45, 2.75) is 9.79 Å². The van der Waals surface area contributed by atoms with E-state index < -0.39 is 0 Å². The lowest BCUT2D eigenvalue weighted by Crippen LogP contribution is -1.97.